The Balaban J connectivity index is 1.57. The SMILES string of the molecule is COc1ccc(-c2sc(NC3CCCCCC3)nc2C)cc1S(=O)Nc1cnc(Cl)c(C)c1. The summed E-state index contributed by atoms with van der Waals surface area (Å²) in [5.41, 5.74) is 3.37. The summed E-state index contributed by atoms with van der Waals surface area (Å²) in [5.74, 6) is 0.558. The number of aryl methyl sites for hydroxylation is 2. The smallest absolute Gasteiger partial charge is 0.183 e. The van der Waals surface area contributed by atoms with Crippen molar-refractivity contribution in [2.24, 2.45) is 0 Å². The molecule has 176 valence electrons. The van der Waals surface area contributed by atoms with E-state index in [1.54, 1.807) is 24.6 Å². The largest absolute Gasteiger partial charge is 0.495 e. The molecule has 4 rings (SSSR count). The molecule has 0 amide bonds. The van der Waals surface area contributed by atoms with Crippen molar-refractivity contribution in [2.75, 3.05) is 17.1 Å². The lowest BCUT2D eigenvalue weighted by molar-refractivity contribution is 0.404. The third-order valence-electron chi connectivity index (χ3n) is 5.83. The average Bonchev–Trinajstić information content (AvgIpc) is 2.99. The zero-order chi connectivity index (χ0) is 23.4. The second-order valence-corrected chi connectivity index (χ2v) is 10.9. The van der Waals surface area contributed by atoms with Gasteiger partial charge in [0.05, 0.1) is 29.6 Å². The molecule has 33 heavy (non-hydrogen) atoms. The molecule has 3 aromatic rings. The molecule has 2 aromatic heterocycles. The molecule has 0 saturated heterocycles. The number of hydrogen-bond donors (Lipinski definition) is 2. The lowest BCUT2D eigenvalue weighted by atomic mass is 10.1. The first-order chi connectivity index (χ1) is 15.9. The second-order valence-electron chi connectivity index (χ2n) is 8.33. The second kappa shape index (κ2) is 10.8. The number of nitrogens with one attached hydrogen (secondary N) is 2. The van der Waals surface area contributed by atoms with Gasteiger partial charge < -0.3 is 10.1 Å². The van der Waals surface area contributed by atoms with Crippen LogP contribution in [0, 0.1) is 13.8 Å². The van der Waals surface area contributed by atoms with E-state index in [0.717, 1.165) is 26.8 Å². The molecule has 1 unspecified atom stereocenters. The highest BCUT2D eigenvalue weighted by Gasteiger charge is 2.18. The summed E-state index contributed by atoms with van der Waals surface area (Å²) in [6.45, 7) is 3.88. The van der Waals surface area contributed by atoms with E-state index in [1.165, 1.54) is 38.5 Å². The highest BCUT2D eigenvalue weighted by atomic mass is 35.5. The minimum Gasteiger partial charge on any atom is -0.495 e. The van der Waals surface area contributed by atoms with E-state index < -0.39 is 11.0 Å². The van der Waals surface area contributed by atoms with Crippen LogP contribution in [0.5, 0.6) is 5.75 Å². The Bertz CT molecular complexity index is 1140. The van der Waals surface area contributed by atoms with Crippen molar-refractivity contribution >= 4 is 44.7 Å². The Hall–Kier alpha value is -2.16. The van der Waals surface area contributed by atoms with Gasteiger partial charge in [-0.05, 0) is 62.1 Å². The maximum absolute atomic E-state index is 13.2. The number of rotatable bonds is 7. The molecule has 1 aliphatic carbocycles. The predicted molar refractivity (Wildman–Crippen MR) is 138 cm³/mol. The molecule has 0 bridgehead atoms. The molecule has 1 aliphatic rings. The number of hydrogen-bond acceptors (Lipinski definition) is 6. The number of methoxy groups -OCH3 is 1. The van der Waals surface area contributed by atoms with Crippen LogP contribution in [0.25, 0.3) is 10.4 Å². The first kappa shape index (κ1) is 24.0. The van der Waals surface area contributed by atoms with Gasteiger partial charge in [0.1, 0.15) is 15.8 Å². The van der Waals surface area contributed by atoms with Crippen molar-refractivity contribution in [3.8, 4) is 16.2 Å². The van der Waals surface area contributed by atoms with Gasteiger partial charge in [0.15, 0.2) is 16.1 Å². The van der Waals surface area contributed by atoms with E-state index in [9.17, 15) is 4.21 Å². The summed E-state index contributed by atoms with van der Waals surface area (Å²) in [6.07, 6.45) is 9.17. The fourth-order valence-corrected chi connectivity index (χ4v) is 6.21. The summed E-state index contributed by atoms with van der Waals surface area (Å²) < 4.78 is 21.7. The average molecular weight is 505 g/mol. The van der Waals surface area contributed by atoms with E-state index >= 15 is 0 Å². The summed E-state index contributed by atoms with van der Waals surface area (Å²) in [7, 11) is 0.0382. The van der Waals surface area contributed by atoms with Gasteiger partial charge in [-0.2, -0.15) is 0 Å². The van der Waals surface area contributed by atoms with Crippen molar-refractivity contribution in [3.63, 3.8) is 0 Å². The van der Waals surface area contributed by atoms with Crippen molar-refractivity contribution in [2.45, 2.75) is 63.3 Å². The Morgan fingerprint density at radius 1 is 1.15 bits per heavy atom. The molecule has 0 aliphatic heterocycles. The van der Waals surface area contributed by atoms with E-state index in [1.807, 2.05) is 38.1 Å². The normalized spacial score (nSPS) is 15.6. The summed E-state index contributed by atoms with van der Waals surface area (Å²) in [6, 6.07) is 8.07. The van der Waals surface area contributed by atoms with E-state index in [2.05, 4.69) is 15.0 Å². The Morgan fingerprint density at radius 3 is 2.61 bits per heavy atom. The fourth-order valence-electron chi connectivity index (χ4n) is 4.06. The van der Waals surface area contributed by atoms with E-state index in [-0.39, 0.29) is 0 Å². The lowest BCUT2D eigenvalue weighted by Crippen LogP contribution is -2.17. The molecular weight excluding hydrogens is 476 g/mol. The number of anilines is 2. The highest BCUT2D eigenvalue weighted by molar-refractivity contribution is 7.86. The molecule has 0 spiro atoms. The number of thiazole rings is 1. The van der Waals surface area contributed by atoms with Crippen LogP contribution >= 0.6 is 22.9 Å². The number of aromatic nitrogens is 2. The van der Waals surface area contributed by atoms with Gasteiger partial charge in [-0.3, -0.25) is 4.72 Å². The summed E-state index contributed by atoms with van der Waals surface area (Å²) in [5, 5.41) is 5.03. The zero-order valence-corrected chi connectivity index (χ0v) is 21.5. The lowest BCUT2D eigenvalue weighted by Gasteiger charge is -2.14. The van der Waals surface area contributed by atoms with Crippen molar-refractivity contribution in [3.05, 3.63) is 46.9 Å². The number of ether oxygens (including phenoxy) is 1. The predicted octanol–water partition coefficient (Wildman–Crippen LogP) is 6.75. The van der Waals surface area contributed by atoms with Gasteiger partial charge in [0, 0.05) is 6.04 Å². The fraction of sp³-hybridized carbons (Fsp3) is 0.417. The molecule has 1 aromatic carbocycles. The van der Waals surface area contributed by atoms with E-state index in [4.69, 9.17) is 21.3 Å². The topological polar surface area (TPSA) is 76.1 Å². The van der Waals surface area contributed by atoms with Gasteiger partial charge >= 0.3 is 0 Å². The molecule has 1 fully saturated rings. The van der Waals surface area contributed by atoms with E-state index in [0.29, 0.717) is 27.5 Å². The molecule has 2 heterocycles. The van der Waals surface area contributed by atoms with Crippen molar-refractivity contribution in [1.82, 2.24) is 9.97 Å². The molecule has 2 N–H and O–H groups in total. The molecule has 6 nitrogen and oxygen atoms in total. The number of halogens is 1. The standard InChI is InChI=1S/C24H29ClN4O2S2/c1-15-12-19(14-26-23(15)25)29-33(30)21-13-17(10-11-20(21)31-3)22-16(2)27-24(32-22)28-18-8-6-4-5-7-9-18/h10-14,18,29H,4-9H2,1-3H3,(H,27,28). The van der Waals surface area contributed by atoms with Crippen LogP contribution in [0.4, 0.5) is 10.8 Å². The molecular formula is C24H29ClN4O2S2. The first-order valence-electron chi connectivity index (χ1n) is 11.2. The van der Waals surface area contributed by atoms with Crippen molar-refractivity contribution in [1.29, 1.82) is 0 Å². The first-order valence-corrected chi connectivity index (χ1v) is 13.5. The maximum atomic E-state index is 13.2. The van der Waals surface area contributed by atoms with Gasteiger partial charge in [0.2, 0.25) is 0 Å². The van der Waals surface area contributed by atoms with Gasteiger partial charge in [-0.25, -0.2) is 14.2 Å². The van der Waals surface area contributed by atoms with Crippen LogP contribution < -0.4 is 14.8 Å². The minimum absolute atomic E-state index is 0.430. The molecule has 0 radical (unpaired) electrons. The molecule has 1 atom stereocenters. The zero-order valence-electron chi connectivity index (χ0n) is 19.1. The van der Waals surface area contributed by atoms with Crippen molar-refractivity contribution < 1.29 is 8.95 Å². The van der Waals surface area contributed by atoms with Crippen LogP contribution in [0.15, 0.2) is 35.4 Å². The molecule has 1 saturated carbocycles. The maximum Gasteiger partial charge on any atom is 0.183 e. The summed E-state index contributed by atoms with van der Waals surface area (Å²) >= 11 is 7.66. The number of pyridine rings is 1. The number of benzene rings is 1. The number of nitrogens with zero attached hydrogens (tertiary/aromatic N) is 2. The summed E-state index contributed by atoms with van der Waals surface area (Å²) in [4.78, 5) is 10.5. The Labute approximate surface area is 206 Å². The van der Waals surface area contributed by atoms with Crippen LogP contribution in [0.2, 0.25) is 5.15 Å². The van der Waals surface area contributed by atoms with Crippen LogP contribution in [-0.2, 0) is 11.0 Å². The third kappa shape index (κ3) is 5.86. The monoisotopic (exact) mass is 504 g/mol. The van der Waals surface area contributed by atoms with Crippen LogP contribution in [0.1, 0.15) is 49.8 Å². The van der Waals surface area contributed by atoms with Crippen LogP contribution in [0.3, 0.4) is 0 Å². The molecule has 9 heteroatoms. The highest BCUT2D eigenvalue weighted by Crippen LogP contribution is 2.37. The van der Waals surface area contributed by atoms with Gasteiger partial charge in [0.25, 0.3) is 0 Å². The van der Waals surface area contributed by atoms with Gasteiger partial charge in [-0.1, -0.05) is 48.6 Å². The Morgan fingerprint density at radius 2 is 1.91 bits per heavy atom. The Kier molecular flexibility index (Phi) is 7.88. The van der Waals surface area contributed by atoms with Gasteiger partial charge in [-0.15, -0.1) is 0 Å². The quantitative estimate of drug-likeness (QED) is 0.275. The minimum atomic E-state index is -1.54. The van der Waals surface area contributed by atoms with Crippen LogP contribution in [-0.4, -0.2) is 27.3 Å². The third-order valence-corrected chi connectivity index (χ3v) is 8.50.